The van der Waals surface area contributed by atoms with Crippen LogP contribution in [0.5, 0.6) is 0 Å². The van der Waals surface area contributed by atoms with Crippen LogP contribution in [0.25, 0.3) is 0 Å². The third kappa shape index (κ3) is 3.17. The molecular weight excluding hydrogens is 262 g/mol. The minimum absolute atomic E-state index is 0.150. The Hall–Kier alpha value is -1.65. The molecule has 0 bridgehead atoms. The molecule has 21 heavy (non-hydrogen) atoms. The second-order valence-corrected chi connectivity index (χ2v) is 5.70. The zero-order valence-electron chi connectivity index (χ0n) is 12.7. The topological polar surface area (TPSA) is 39.1 Å². The Labute approximate surface area is 126 Å². The van der Waals surface area contributed by atoms with Gasteiger partial charge in [-0.3, -0.25) is 4.68 Å². The van der Waals surface area contributed by atoms with Gasteiger partial charge in [-0.05, 0) is 43.0 Å². The molecule has 4 nitrogen and oxygen atoms in total. The molecule has 0 amide bonds. The first kappa shape index (κ1) is 14.3. The van der Waals surface area contributed by atoms with Gasteiger partial charge in [0.25, 0.3) is 0 Å². The molecule has 0 radical (unpaired) electrons. The van der Waals surface area contributed by atoms with E-state index in [1.54, 1.807) is 0 Å². The van der Waals surface area contributed by atoms with Crippen molar-refractivity contribution in [1.82, 2.24) is 15.1 Å². The minimum Gasteiger partial charge on any atom is -0.372 e. The fraction of sp³-hybridized carbons (Fsp3) is 0.471. The molecule has 2 aromatic rings. The minimum atomic E-state index is 0.150. The molecule has 0 saturated heterocycles. The molecule has 1 aromatic heterocycles. The quantitative estimate of drug-likeness (QED) is 0.916. The van der Waals surface area contributed by atoms with Gasteiger partial charge in [0, 0.05) is 19.3 Å². The molecule has 2 unspecified atom stereocenters. The van der Waals surface area contributed by atoms with Crippen molar-refractivity contribution in [2.24, 2.45) is 7.05 Å². The number of ether oxygens (including phenoxy) is 1. The van der Waals surface area contributed by atoms with Crippen LogP contribution in [0.1, 0.15) is 29.2 Å². The largest absolute Gasteiger partial charge is 0.372 e. The second-order valence-electron chi connectivity index (χ2n) is 5.70. The Kier molecular flexibility index (Phi) is 4.36. The number of benzene rings is 1. The molecule has 0 saturated carbocycles. The van der Waals surface area contributed by atoms with Crippen LogP contribution in [0, 0.1) is 0 Å². The fourth-order valence-electron chi connectivity index (χ4n) is 3.13. The Morgan fingerprint density at radius 1 is 1.43 bits per heavy atom. The molecule has 1 aliphatic heterocycles. The van der Waals surface area contributed by atoms with Gasteiger partial charge in [0.15, 0.2) is 0 Å². The van der Waals surface area contributed by atoms with Crippen molar-refractivity contribution >= 4 is 0 Å². The number of aryl methyl sites for hydroxylation is 2. The van der Waals surface area contributed by atoms with E-state index in [1.807, 2.05) is 25.0 Å². The number of hydrogen-bond donors (Lipinski definition) is 1. The Bertz CT molecular complexity index is 593. The predicted molar refractivity (Wildman–Crippen MR) is 83.2 cm³/mol. The molecule has 1 aromatic carbocycles. The molecule has 1 N–H and O–H groups in total. The third-order valence-electron chi connectivity index (χ3n) is 4.27. The summed E-state index contributed by atoms with van der Waals surface area (Å²) < 4.78 is 7.93. The Balaban J connectivity index is 1.72. The number of rotatable bonds is 5. The summed E-state index contributed by atoms with van der Waals surface area (Å²) in [7, 11) is 3.98. The van der Waals surface area contributed by atoms with Gasteiger partial charge in [-0.25, -0.2) is 0 Å². The summed E-state index contributed by atoms with van der Waals surface area (Å²) >= 11 is 0. The van der Waals surface area contributed by atoms with Crippen LogP contribution in [-0.2, 0) is 24.6 Å². The molecule has 0 spiro atoms. The number of aromatic nitrogens is 2. The maximum atomic E-state index is 6.07. The summed E-state index contributed by atoms with van der Waals surface area (Å²) in [6.07, 6.45) is 7.26. The average molecular weight is 285 g/mol. The molecule has 0 fully saturated rings. The van der Waals surface area contributed by atoms with Crippen LogP contribution >= 0.6 is 0 Å². The van der Waals surface area contributed by atoms with Crippen molar-refractivity contribution in [3.05, 3.63) is 53.3 Å². The highest BCUT2D eigenvalue weighted by molar-refractivity contribution is 5.32. The van der Waals surface area contributed by atoms with Crippen LogP contribution in [-0.4, -0.2) is 29.5 Å². The summed E-state index contributed by atoms with van der Waals surface area (Å²) in [5.74, 6) is 0. The first-order valence-corrected chi connectivity index (χ1v) is 7.62. The van der Waals surface area contributed by atoms with E-state index >= 15 is 0 Å². The highest BCUT2D eigenvalue weighted by Gasteiger charge is 2.27. The number of fused-ring (bicyclic) bond motifs is 1. The van der Waals surface area contributed by atoms with E-state index in [1.165, 1.54) is 16.7 Å². The van der Waals surface area contributed by atoms with Gasteiger partial charge < -0.3 is 10.1 Å². The number of nitrogens with zero attached hydrogens (tertiary/aromatic N) is 2. The molecule has 1 aliphatic rings. The van der Waals surface area contributed by atoms with Crippen LogP contribution in [0.15, 0.2) is 36.7 Å². The highest BCUT2D eigenvalue weighted by atomic mass is 16.5. The van der Waals surface area contributed by atoms with Crippen molar-refractivity contribution in [2.45, 2.75) is 31.4 Å². The summed E-state index contributed by atoms with van der Waals surface area (Å²) in [6.45, 7) is 0.812. The smallest absolute Gasteiger partial charge is 0.0980 e. The number of nitrogens with one attached hydrogen (secondary N) is 1. The standard InChI is InChI=1S/C17H23N3O/c1-18-16(8-7-13-11-19-20(2)12-13)17-15-6-4-3-5-14(15)9-10-21-17/h3-6,11-12,16-18H,7-10H2,1-2H3. The first-order valence-electron chi connectivity index (χ1n) is 7.62. The molecule has 4 heteroatoms. The summed E-state index contributed by atoms with van der Waals surface area (Å²) in [6, 6.07) is 8.97. The van der Waals surface area contributed by atoms with Crippen molar-refractivity contribution in [3.63, 3.8) is 0 Å². The first-order chi connectivity index (χ1) is 10.3. The third-order valence-corrected chi connectivity index (χ3v) is 4.27. The molecule has 3 rings (SSSR count). The summed E-state index contributed by atoms with van der Waals surface area (Å²) in [4.78, 5) is 0. The predicted octanol–water partition coefficient (Wildman–Crippen LogP) is 2.25. The van der Waals surface area contributed by atoms with Crippen LogP contribution in [0.4, 0.5) is 0 Å². The van der Waals surface area contributed by atoms with Gasteiger partial charge in [-0.1, -0.05) is 24.3 Å². The van der Waals surface area contributed by atoms with Gasteiger partial charge >= 0.3 is 0 Å². The monoisotopic (exact) mass is 285 g/mol. The zero-order chi connectivity index (χ0) is 14.7. The molecule has 112 valence electrons. The van der Waals surface area contributed by atoms with E-state index in [9.17, 15) is 0 Å². The van der Waals surface area contributed by atoms with Gasteiger partial charge in [-0.2, -0.15) is 5.10 Å². The van der Waals surface area contributed by atoms with Crippen LogP contribution in [0.2, 0.25) is 0 Å². The van der Waals surface area contributed by atoms with Gasteiger partial charge in [-0.15, -0.1) is 0 Å². The fourth-order valence-corrected chi connectivity index (χ4v) is 3.13. The maximum Gasteiger partial charge on any atom is 0.0980 e. The van der Waals surface area contributed by atoms with Crippen LogP contribution < -0.4 is 5.32 Å². The number of hydrogen-bond acceptors (Lipinski definition) is 3. The lowest BCUT2D eigenvalue weighted by molar-refractivity contribution is 0.0152. The highest BCUT2D eigenvalue weighted by Crippen LogP contribution is 2.31. The van der Waals surface area contributed by atoms with E-state index in [-0.39, 0.29) is 6.10 Å². The SMILES string of the molecule is CNC(CCc1cnn(C)c1)C1OCCc2ccccc21. The lowest BCUT2D eigenvalue weighted by Crippen LogP contribution is -2.36. The number of likely N-dealkylation sites (N-methyl/N-ethyl adjacent to an activating group) is 1. The normalized spacial score (nSPS) is 19.2. The zero-order valence-corrected chi connectivity index (χ0v) is 12.7. The van der Waals surface area contributed by atoms with Gasteiger partial charge in [0.1, 0.15) is 0 Å². The van der Waals surface area contributed by atoms with E-state index < -0.39 is 0 Å². The Morgan fingerprint density at radius 3 is 3.05 bits per heavy atom. The van der Waals surface area contributed by atoms with Gasteiger partial charge in [0.2, 0.25) is 0 Å². The molecule has 2 atom stereocenters. The van der Waals surface area contributed by atoms with Crippen molar-refractivity contribution in [1.29, 1.82) is 0 Å². The second kappa shape index (κ2) is 6.41. The molecule has 2 heterocycles. The summed E-state index contributed by atoms with van der Waals surface area (Å²) in [5, 5.41) is 7.67. The van der Waals surface area contributed by atoms with E-state index in [0.717, 1.165) is 25.9 Å². The Morgan fingerprint density at radius 2 is 2.29 bits per heavy atom. The van der Waals surface area contributed by atoms with Crippen LogP contribution in [0.3, 0.4) is 0 Å². The van der Waals surface area contributed by atoms with E-state index in [0.29, 0.717) is 6.04 Å². The summed E-state index contributed by atoms with van der Waals surface area (Å²) in [5.41, 5.74) is 4.05. The van der Waals surface area contributed by atoms with E-state index in [4.69, 9.17) is 4.74 Å². The van der Waals surface area contributed by atoms with Gasteiger partial charge in [0.05, 0.1) is 18.9 Å². The molecule has 0 aliphatic carbocycles. The van der Waals surface area contributed by atoms with E-state index in [2.05, 4.69) is 40.9 Å². The van der Waals surface area contributed by atoms with Crippen molar-refractivity contribution in [2.75, 3.05) is 13.7 Å². The van der Waals surface area contributed by atoms with Crippen molar-refractivity contribution in [3.8, 4) is 0 Å². The molecular formula is C17H23N3O. The average Bonchev–Trinajstić information content (AvgIpc) is 2.93. The van der Waals surface area contributed by atoms with Crippen molar-refractivity contribution < 1.29 is 4.74 Å². The lowest BCUT2D eigenvalue weighted by Gasteiger charge is -2.32. The lowest BCUT2D eigenvalue weighted by atomic mass is 9.91. The maximum absolute atomic E-state index is 6.07.